The molecule has 1 aliphatic heterocycles. The molecule has 6 nitrogen and oxygen atoms in total. The lowest BCUT2D eigenvalue weighted by molar-refractivity contribution is 0.292. The first kappa shape index (κ1) is 24.8. The number of nitrogens with one attached hydrogen (secondary N) is 2. The first-order valence-electron chi connectivity index (χ1n) is 12.8. The predicted octanol–water partition coefficient (Wildman–Crippen LogP) is 6.71. The van der Waals surface area contributed by atoms with E-state index in [1.807, 2.05) is 48.5 Å². The molecule has 0 unspecified atom stereocenters. The largest absolute Gasteiger partial charge is 0.439 e. The Balaban J connectivity index is 1.32. The molecule has 1 saturated heterocycles. The van der Waals surface area contributed by atoms with Crippen LogP contribution in [0.3, 0.4) is 0 Å². The quantitative estimate of drug-likeness (QED) is 0.335. The van der Waals surface area contributed by atoms with Gasteiger partial charge >= 0.3 is 0 Å². The maximum absolute atomic E-state index is 6.35. The summed E-state index contributed by atoms with van der Waals surface area (Å²) >= 11 is 12.0. The van der Waals surface area contributed by atoms with E-state index < -0.39 is 0 Å². The Morgan fingerprint density at radius 1 is 0.944 bits per heavy atom. The van der Waals surface area contributed by atoms with E-state index in [0.29, 0.717) is 16.9 Å². The molecular weight excluding hydrogens is 490 g/mol. The highest BCUT2D eigenvalue weighted by Gasteiger charge is 2.34. The monoisotopic (exact) mass is 521 g/mol. The van der Waals surface area contributed by atoms with E-state index in [-0.39, 0.29) is 5.41 Å². The van der Waals surface area contributed by atoms with Gasteiger partial charge in [-0.1, -0.05) is 61.2 Å². The van der Waals surface area contributed by atoms with Gasteiger partial charge < -0.3 is 20.3 Å². The number of benzene rings is 2. The van der Waals surface area contributed by atoms with Crippen LogP contribution in [0.5, 0.6) is 11.6 Å². The number of hydrogen-bond acceptors (Lipinski definition) is 5. The van der Waals surface area contributed by atoms with Gasteiger partial charge in [0.25, 0.3) is 0 Å². The molecule has 0 spiro atoms. The van der Waals surface area contributed by atoms with Gasteiger partial charge in [-0.05, 0) is 67.7 Å². The number of para-hydroxylation sites is 1. The number of rotatable bonds is 7. The van der Waals surface area contributed by atoms with Gasteiger partial charge in [-0.3, -0.25) is 0 Å². The van der Waals surface area contributed by atoms with Crippen LogP contribution in [-0.4, -0.2) is 34.7 Å². The minimum atomic E-state index is 0.00866. The number of nitrogens with zero attached hydrogens (tertiary/aromatic N) is 3. The van der Waals surface area contributed by atoms with Gasteiger partial charge in [-0.25, -0.2) is 0 Å². The normalized spacial score (nSPS) is 17.0. The number of thiocarbonyl (C=S) groups is 1. The second-order valence-electron chi connectivity index (χ2n) is 9.66. The third-order valence-electron chi connectivity index (χ3n) is 7.15. The molecule has 2 fully saturated rings. The zero-order chi connectivity index (χ0) is 24.8. The van der Waals surface area contributed by atoms with E-state index in [9.17, 15) is 0 Å². The lowest BCUT2D eigenvalue weighted by Crippen LogP contribution is -2.43. The van der Waals surface area contributed by atoms with Crippen molar-refractivity contribution in [2.45, 2.75) is 50.4 Å². The van der Waals surface area contributed by atoms with Gasteiger partial charge in [0, 0.05) is 36.1 Å². The van der Waals surface area contributed by atoms with E-state index in [2.05, 4.69) is 32.7 Å². The molecule has 5 rings (SSSR count). The van der Waals surface area contributed by atoms with Gasteiger partial charge in [0.1, 0.15) is 11.6 Å². The molecule has 0 bridgehead atoms. The van der Waals surface area contributed by atoms with Gasteiger partial charge in [0.15, 0.2) is 5.11 Å². The summed E-state index contributed by atoms with van der Waals surface area (Å²) in [6.45, 7) is 2.69. The average molecular weight is 522 g/mol. The molecule has 0 radical (unpaired) electrons. The minimum Gasteiger partial charge on any atom is -0.439 e. The number of halogens is 1. The molecule has 1 saturated carbocycles. The number of anilines is 2. The number of hydrogen-bond donors (Lipinski definition) is 2. The second-order valence-corrected chi connectivity index (χ2v) is 10.5. The lowest BCUT2D eigenvalue weighted by Gasteiger charge is -2.38. The van der Waals surface area contributed by atoms with Crippen LogP contribution in [0.1, 0.15) is 50.5 Å². The smallest absolute Gasteiger partial charge is 0.234 e. The fraction of sp³-hybridized carbons (Fsp3) is 0.393. The molecule has 0 atom stereocenters. The summed E-state index contributed by atoms with van der Waals surface area (Å²) in [6, 6.07) is 19.8. The van der Waals surface area contributed by atoms with Crippen molar-refractivity contribution in [3.05, 3.63) is 71.2 Å². The zero-order valence-corrected chi connectivity index (χ0v) is 22.0. The summed E-state index contributed by atoms with van der Waals surface area (Å²) < 4.78 is 6.05. The summed E-state index contributed by atoms with van der Waals surface area (Å²) in [6.07, 6.45) is 8.22. The molecular formula is C28H32ClN5OS. The lowest BCUT2D eigenvalue weighted by atomic mass is 9.69. The van der Waals surface area contributed by atoms with Crippen LogP contribution >= 0.6 is 23.8 Å². The standard InChI is InChI=1S/C28H32ClN5OS/c29-22-11-9-10-21(18-22)28(14-5-2-6-15-28)20-30-27(36)33-26-31-24(34-16-7-8-17-34)19-25(32-26)35-23-12-3-1-4-13-23/h1,3-4,9-13,18-19H,2,5-8,14-17,20H2,(H2,30,31,32,33,36). The fourth-order valence-corrected chi connectivity index (χ4v) is 5.60. The Hall–Kier alpha value is -2.90. The van der Waals surface area contributed by atoms with Crippen molar-refractivity contribution >= 4 is 40.7 Å². The third kappa shape index (κ3) is 6.08. The Morgan fingerprint density at radius 3 is 2.47 bits per heavy atom. The molecule has 1 aromatic heterocycles. The molecule has 2 aliphatic rings. The summed E-state index contributed by atoms with van der Waals surface area (Å²) in [5.74, 6) is 2.51. The predicted molar refractivity (Wildman–Crippen MR) is 150 cm³/mol. The highest BCUT2D eigenvalue weighted by molar-refractivity contribution is 7.80. The van der Waals surface area contributed by atoms with Crippen LogP contribution in [0.4, 0.5) is 11.8 Å². The van der Waals surface area contributed by atoms with Crippen LogP contribution in [0.25, 0.3) is 0 Å². The SMILES string of the molecule is S=C(NCC1(c2cccc(Cl)c2)CCCCC1)Nc1nc(Oc2ccccc2)cc(N2CCCC2)n1. The van der Waals surface area contributed by atoms with Crippen LogP contribution in [0.15, 0.2) is 60.7 Å². The van der Waals surface area contributed by atoms with E-state index in [4.69, 9.17) is 33.5 Å². The van der Waals surface area contributed by atoms with E-state index in [0.717, 1.165) is 61.9 Å². The van der Waals surface area contributed by atoms with Gasteiger partial charge in [-0.15, -0.1) is 0 Å². The molecule has 3 aromatic rings. The van der Waals surface area contributed by atoms with Crippen LogP contribution < -0.4 is 20.3 Å². The number of ether oxygens (including phenoxy) is 1. The third-order valence-corrected chi connectivity index (χ3v) is 7.63. The molecule has 188 valence electrons. The molecule has 2 N–H and O–H groups in total. The average Bonchev–Trinajstić information content (AvgIpc) is 3.44. The summed E-state index contributed by atoms with van der Waals surface area (Å²) in [5.41, 5.74) is 1.28. The van der Waals surface area contributed by atoms with Crippen molar-refractivity contribution in [1.82, 2.24) is 15.3 Å². The van der Waals surface area contributed by atoms with Crippen molar-refractivity contribution in [1.29, 1.82) is 0 Å². The molecule has 2 heterocycles. The Bertz CT molecular complexity index is 1180. The molecule has 1 aliphatic carbocycles. The highest BCUT2D eigenvalue weighted by atomic mass is 35.5. The van der Waals surface area contributed by atoms with Crippen molar-refractivity contribution in [3.8, 4) is 11.6 Å². The Morgan fingerprint density at radius 2 is 1.72 bits per heavy atom. The Kier molecular flexibility index (Phi) is 7.87. The van der Waals surface area contributed by atoms with E-state index in [1.54, 1.807) is 0 Å². The van der Waals surface area contributed by atoms with Crippen LogP contribution in [0, 0.1) is 0 Å². The van der Waals surface area contributed by atoms with Crippen molar-refractivity contribution < 1.29 is 4.74 Å². The second kappa shape index (κ2) is 11.4. The van der Waals surface area contributed by atoms with Crippen LogP contribution in [0.2, 0.25) is 5.02 Å². The van der Waals surface area contributed by atoms with Crippen LogP contribution in [-0.2, 0) is 5.41 Å². The molecule has 36 heavy (non-hydrogen) atoms. The maximum atomic E-state index is 6.35. The summed E-state index contributed by atoms with van der Waals surface area (Å²) in [5, 5.41) is 7.96. The highest BCUT2D eigenvalue weighted by Crippen LogP contribution is 2.39. The maximum Gasteiger partial charge on any atom is 0.234 e. The van der Waals surface area contributed by atoms with Crippen molar-refractivity contribution in [3.63, 3.8) is 0 Å². The zero-order valence-electron chi connectivity index (χ0n) is 20.4. The van der Waals surface area contributed by atoms with Crippen molar-refractivity contribution in [2.24, 2.45) is 0 Å². The first-order chi connectivity index (χ1) is 17.6. The van der Waals surface area contributed by atoms with E-state index in [1.165, 1.54) is 24.8 Å². The Labute approximate surface area is 223 Å². The van der Waals surface area contributed by atoms with Crippen molar-refractivity contribution in [2.75, 3.05) is 29.9 Å². The van der Waals surface area contributed by atoms with Gasteiger partial charge in [-0.2, -0.15) is 9.97 Å². The fourth-order valence-electron chi connectivity index (χ4n) is 5.25. The first-order valence-corrected chi connectivity index (χ1v) is 13.6. The van der Waals surface area contributed by atoms with E-state index >= 15 is 0 Å². The molecule has 0 amide bonds. The minimum absolute atomic E-state index is 0.00866. The van der Waals surface area contributed by atoms with Gasteiger partial charge in [0.05, 0.1) is 0 Å². The summed E-state index contributed by atoms with van der Waals surface area (Å²) in [4.78, 5) is 11.6. The molecule has 8 heteroatoms. The summed E-state index contributed by atoms with van der Waals surface area (Å²) in [7, 11) is 0. The molecule has 2 aromatic carbocycles. The topological polar surface area (TPSA) is 62.3 Å². The van der Waals surface area contributed by atoms with Gasteiger partial charge in [0.2, 0.25) is 11.8 Å². The number of aromatic nitrogens is 2.